The number of hydrogen-bond acceptors (Lipinski definition) is 3. The van der Waals surface area contributed by atoms with E-state index in [1.54, 1.807) is 23.9 Å². The van der Waals surface area contributed by atoms with Crippen LogP contribution in [0.3, 0.4) is 0 Å². The first-order valence-corrected chi connectivity index (χ1v) is 7.47. The molecule has 1 N–H and O–H groups in total. The highest BCUT2D eigenvalue weighted by atomic mass is 19.1. The van der Waals surface area contributed by atoms with Gasteiger partial charge in [0.2, 0.25) is 0 Å². The van der Waals surface area contributed by atoms with Gasteiger partial charge < -0.3 is 14.6 Å². The molecule has 0 fully saturated rings. The molecule has 3 aromatic rings. The third kappa shape index (κ3) is 3.45. The summed E-state index contributed by atoms with van der Waals surface area (Å²) < 4.78 is 21.9. The smallest absolute Gasteiger partial charge is 0.256 e. The van der Waals surface area contributed by atoms with Crippen molar-refractivity contribution in [3.05, 3.63) is 66.4 Å². The SMILES string of the molecule is Cn1ncc(C(=O)NCCOc2cccc(F)c2)c1-n1cccc1. The van der Waals surface area contributed by atoms with E-state index in [9.17, 15) is 9.18 Å². The van der Waals surface area contributed by atoms with Gasteiger partial charge in [-0.3, -0.25) is 9.48 Å². The number of nitrogens with one attached hydrogen (secondary N) is 1. The van der Waals surface area contributed by atoms with Gasteiger partial charge in [-0.15, -0.1) is 0 Å². The Morgan fingerprint density at radius 2 is 2.08 bits per heavy atom. The van der Waals surface area contributed by atoms with Crippen molar-refractivity contribution in [1.82, 2.24) is 19.7 Å². The van der Waals surface area contributed by atoms with Gasteiger partial charge in [0.25, 0.3) is 5.91 Å². The monoisotopic (exact) mass is 328 g/mol. The van der Waals surface area contributed by atoms with Crippen LogP contribution in [0, 0.1) is 5.82 Å². The minimum Gasteiger partial charge on any atom is -0.492 e. The number of rotatable bonds is 6. The topological polar surface area (TPSA) is 61.1 Å². The van der Waals surface area contributed by atoms with E-state index in [1.807, 2.05) is 29.1 Å². The van der Waals surface area contributed by atoms with E-state index in [0.717, 1.165) is 0 Å². The predicted molar refractivity (Wildman–Crippen MR) is 86.8 cm³/mol. The van der Waals surface area contributed by atoms with Crippen molar-refractivity contribution in [2.24, 2.45) is 7.05 Å². The third-order valence-electron chi connectivity index (χ3n) is 3.45. The lowest BCUT2D eigenvalue weighted by Crippen LogP contribution is -2.28. The van der Waals surface area contributed by atoms with Crippen molar-refractivity contribution in [1.29, 1.82) is 0 Å². The van der Waals surface area contributed by atoms with Gasteiger partial charge in [0.15, 0.2) is 0 Å². The van der Waals surface area contributed by atoms with E-state index in [-0.39, 0.29) is 18.3 Å². The summed E-state index contributed by atoms with van der Waals surface area (Å²) in [5.41, 5.74) is 0.472. The molecule has 2 heterocycles. The fourth-order valence-electron chi connectivity index (χ4n) is 2.36. The number of hydrogen-bond donors (Lipinski definition) is 1. The molecule has 0 aliphatic heterocycles. The highest BCUT2D eigenvalue weighted by molar-refractivity contribution is 5.97. The Morgan fingerprint density at radius 3 is 2.83 bits per heavy atom. The van der Waals surface area contributed by atoms with Crippen LogP contribution in [0.4, 0.5) is 4.39 Å². The Kier molecular flexibility index (Phi) is 4.60. The van der Waals surface area contributed by atoms with Crippen molar-refractivity contribution in [2.75, 3.05) is 13.2 Å². The van der Waals surface area contributed by atoms with Gasteiger partial charge >= 0.3 is 0 Å². The third-order valence-corrected chi connectivity index (χ3v) is 3.45. The minimum absolute atomic E-state index is 0.241. The van der Waals surface area contributed by atoms with Crippen molar-refractivity contribution < 1.29 is 13.9 Å². The molecule has 24 heavy (non-hydrogen) atoms. The quantitative estimate of drug-likeness (QED) is 0.706. The number of benzene rings is 1. The van der Waals surface area contributed by atoms with E-state index >= 15 is 0 Å². The fourth-order valence-corrected chi connectivity index (χ4v) is 2.36. The van der Waals surface area contributed by atoms with Crippen LogP contribution >= 0.6 is 0 Å². The van der Waals surface area contributed by atoms with E-state index in [1.165, 1.54) is 18.3 Å². The van der Waals surface area contributed by atoms with Gasteiger partial charge in [-0.05, 0) is 24.3 Å². The van der Waals surface area contributed by atoms with Crippen LogP contribution in [0.15, 0.2) is 55.0 Å². The molecule has 0 aliphatic carbocycles. The highest BCUT2D eigenvalue weighted by Crippen LogP contribution is 2.14. The number of nitrogens with zero attached hydrogens (tertiary/aromatic N) is 3. The number of carbonyl (C=O) groups excluding carboxylic acids is 1. The summed E-state index contributed by atoms with van der Waals surface area (Å²) in [6.45, 7) is 0.545. The normalized spacial score (nSPS) is 10.6. The van der Waals surface area contributed by atoms with Crippen LogP contribution in [0.25, 0.3) is 5.82 Å². The minimum atomic E-state index is -0.358. The van der Waals surface area contributed by atoms with Gasteiger partial charge in [-0.1, -0.05) is 6.07 Å². The summed E-state index contributed by atoms with van der Waals surface area (Å²) in [7, 11) is 1.78. The summed E-state index contributed by atoms with van der Waals surface area (Å²) in [4.78, 5) is 12.3. The van der Waals surface area contributed by atoms with Crippen molar-refractivity contribution >= 4 is 5.91 Å². The molecule has 3 rings (SSSR count). The standard InChI is InChI=1S/C17H17FN4O2/c1-21-17(22-8-2-3-9-22)15(12-20-21)16(23)19-7-10-24-14-6-4-5-13(18)11-14/h2-6,8-9,11-12H,7,10H2,1H3,(H,19,23). The number of halogens is 1. The first-order chi connectivity index (χ1) is 11.6. The Hall–Kier alpha value is -3.09. The Bertz CT molecular complexity index is 827. The van der Waals surface area contributed by atoms with E-state index in [4.69, 9.17) is 4.74 Å². The maximum atomic E-state index is 13.0. The molecule has 0 bridgehead atoms. The maximum Gasteiger partial charge on any atom is 0.256 e. The Balaban J connectivity index is 1.58. The van der Waals surface area contributed by atoms with Crippen molar-refractivity contribution in [3.63, 3.8) is 0 Å². The van der Waals surface area contributed by atoms with E-state index in [0.29, 0.717) is 23.7 Å². The first kappa shape index (κ1) is 15.8. The van der Waals surface area contributed by atoms with E-state index in [2.05, 4.69) is 10.4 Å². The first-order valence-electron chi connectivity index (χ1n) is 7.47. The molecule has 0 saturated carbocycles. The molecule has 0 aliphatic rings. The molecular weight excluding hydrogens is 311 g/mol. The number of aryl methyl sites for hydroxylation is 1. The van der Waals surface area contributed by atoms with Crippen LogP contribution in [0.5, 0.6) is 5.75 Å². The zero-order valence-corrected chi connectivity index (χ0v) is 13.1. The predicted octanol–water partition coefficient (Wildman–Crippen LogP) is 2.16. The van der Waals surface area contributed by atoms with Crippen LogP contribution < -0.4 is 10.1 Å². The average molecular weight is 328 g/mol. The summed E-state index contributed by atoms with van der Waals surface area (Å²) in [5.74, 6) is 0.514. The second-order valence-electron chi connectivity index (χ2n) is 5.16. The highest BCUT2D eigenvalue weighted by Gasteiger charge is 2.16. The Morgan fingerprint density at radius 1 is 1.29 bits per heavy atom. The molecule has 0 atom stereocenters. The zero-order valence-electron chi connectivity index (χ0n) is 13.1. The number of aromatic nitrogens is 3. The van der Waals surface area contributed by atoms with E-state index < -0.39 is 0 Å². The lowest BCUT2D eigenvalue weighted by Gasteiger charge is -2.09. The summed E-state index contributed by atoms with van der Waals surface area (Å²) in [5, 5.41) is 6.92. The van der Waals surface area contributed by atoms with Crippen molar-refractivity contribution in [2.45, 2.75) is 0 Å². The van der Waals surface area contributed by atoms with Crippen LogP contribution in [0.2, 0.25) is 0 Å². The van der Waals surface area contributed by atoms with Crippen LogP contribution in [-0.2, 0) is 7.05 Å². The Labute approximate surface area is 138 Å². The molecule has 2 aromatic heterocycles. The molecule has 1 amide bonds. The molecule has 0 radical (unpaired) electrons. The second-order valence-corrected chi connectivity index (χ2v) is 5.16. The number of ether oxygens (including phenoxy) is 1. The van der Waals surface area contributed by atoms with Crippen LogP contribution in [0.1, 0.15) is 10.4 Å². The number of amides is 1. The molecule has 0 saturated heterocycles. The largest absolute Gasteiger partial charge is 0.492 e. The van der Waals surface area contributed by atoms with Crippen LogP contribution in [-0.4, -0.2) is 33.4 Å². The van der Waals surface area contributed by atoms with Gasteiger partial charge in [-0.2, -0.15) is 5.10 Å². The van der Waals surface area contributed by atoms with Gasteiger partial charge in [-0.25, -0.2) is 4.39 Å². The molecule has 1 aromatic carbocycles. The molecule has 0 spiro atoms. The lowest BCUT2D eigenvalue weighted by molar-refractivity contribution is 0.0947. The lowest BCUT2D eigenvalue weighted by atomic mass is 10.3. The van der Waals surface area contributed by atoms with Gasteiger partial charge in [0.05, 0.1) is 12.7 Å². The summed E-state index contributed by atoms with van der Waals surface area (Å²) in [6.07, 6.45) is 5.22. The summed E-state index contributed by atoms with van der Waals surface area (Å²) in [6, 6.07) is 9.63. The molecule has 0 unspecified atom stereocenters. The second kappa shape index (κ2) is 6.99. The average Bonchev–Trinajstić information content (AvgIpc) is 3.20. The van der Waals surface area contributed by atoms with Gasteiger partial charge in [0, 0.05) is 25.5 Å². The zero-order chi connectivity index (χ0) is 16.9. The molecule has 6 nitrogen and oxygen atoms in total. The number of carbonyl (C=O) groups is 1. The maximum absolute atomic E-state index is 13.0. The fraction of sp³-hybridized carbons (Fsp3) is 0.176. The van der Waals surface area contributed by atoms with Gasteiger partial charge in [0.1, 0.15) is 29.6 Å². The molecular formula is C17H17FN4O2. The molecule has 7 heteroatoms. The molecule has 124 valence electrons. The summed E-state index contributed by atoms with van der Waals surface area (Å²) >= 11 is 0. The van der Waals surface area contributed by atoms with Crippen molar-refractivity contribution in [3.8, 4) is 11.6 Å².